The fraction of sp³-hybridized carbons (Fsp3) is 0.769. The predicted octanol–water partition coefficient (Wildman–Crippen LogP) is 2.70. The van der Waals surface area contributed by atoms with Crippen molar-refractivity contribution in [2.45, 2.75) is 53.6 Å². The van der Waals surface area contributed by atoms with E-state index in [2.05, 4.69) is 55.8 Å². The Balaban J connectivity index is 2.63. The minimum Gasteiger partial charge on any atom is -0.314 e. The molecule has 0 amide bonds. The molecule has 16 heavy (non-hydrogen) atoms. The lowest BCUT2D eigenvalue weighted by molar-refractivity contribution is 0.324. The number of nitrogens with zero attached hydrogens (tertiary/aromatic N) is 2. The van der Waals surface area contributed by atoms with Crippen molar-refractivity contribution in [3.63, 3.8) is 0 Å². The highest BCUT2D eigenvalue weighted by Gasteiger charge is 2.16. The van der Waals surface area contributed by atoms with Gasteiger partial charge in [-0.15, -0.1) is 0 Å². The van der Waals surface area contributed by atoms with Gasteiger partial charge in [-0.1, -0.05) is 20.8 Å². The molecule has 0 radical (unpaired) electrons. The highest BCUT2D eigenvalue weighted by molar-refractivity contribution is 5.07. The number of rotatable bonds is 5. The summed E-state index contributed by atoms with van der Waals surface area (Å²) >= 11 is 0. The van der Waals surface area contributed by atoms with E-state index in [4.69, 9.17) is 0 Å². The molecule has 0 saturated heterocycles. The summed E-state index contributed by atoms with van der Waals surface area (Å²) in [6.07, 6.45) is 0. The zero-order valence-electron chi connectivity index (χ0n) is 11.4. The van der Waals surface area contributed by atoms with Crippen molar-refractivity contribution in [1.82, 2.24) is 15.1 Å². The second-order valence-corrected chi connectivity index (χ2v) is 5.15. The third-order valence-electron chi connectivity index (χ3n) is 3.10. The lowest BCUT2D eigenvalue weighted by Crippen LogP contribution is -2.31. The molecular formula is C13H25N3. The summed E-state index contributed by atoms with van der Waals surface area (Å²) in [5.41, 5.74) is 2.36. The van der Waals surface area contributed by atoms with Crippen LogP contribution in [0.25, 0.3) is 0 Å². The standard InChI is InChI=1S/C13H25N3/c1-9(2)14-8-10(3)13(6)16-12(5)7-11(4)15-16/h7,9-10,13-14H,8H2,1-6H3. The quantitative estimate of drug-likeness (QED) is 0.831. The molecule has 0 saturated carbocycles. The largest absolute Gasteiger partial charge is 0.314 e. The van der Waals surface area contributed by atoms with Gasteiger partial charge in [0.25, 0.3) is 0 Å². The van der Waals surface area contributed by atoms with E-state index in [9.17, 15) is 0 Å². The van der Waals surface area contributed by atoms with Crippen molar-refractivity contribution in [2.24, 2.45) is 5.92 Å². The van der Waals surface area contributed by atoms with Crippen LogP contribution in [0, 0.1) is 19.8 Å². The molecule has 1 aromatic heterocycles. The average Bonchev–Trinajstić information content (AvgIpc) is 2.53. The summed E-state index contributed by atoms with van der Waals surface area (Å²) in [7, 11) is 0. The molecule has 1 N–H and O–H groups in total. The first kappa shape index (κ1) is 13.2. The van der Waals surface area contributed by atoms with Crippen LogP contribution in [-0.2, 0) is 0 Å². The van der Waals surface area contributed by atoms with Crippen LogP contribution in [0.15, 0.2) is 6.07 Å². The summed E-state index contributed by atoms with van der Waals surface area (Å²) in [4.78, 5) is 0. The minimum atomic E-state index is 0.444. The summed E-state index contributed by atoms with van der Waals surface area (Å²) in [5, 5.41) is 8.03. The average molecular weight is 223 g/mol. The van der Waals surface area contributed by atoms with Gasteiger partial charge in [0.05, 0.1) is 11.7 Å². The second kappa shape index (κ2) is 5.48. The van der Waals surface area contributed by atoms with E-state index in [0.717, 1.165) is 12.2 Å². The Hall–Kier alpha value is -0.830. The van der Waals surface area contributed by atoms with Crippen LogP contribution in [0.2, 0.25) is 0 Å². The fourth-order valence-corrected chi connectivity index (χ4v) is 1.89. The topological polar surface area (TPSA) is 29.9 Å². The Labute approximate surface area is 99.2 Å². The lowest BCUT2D eigenvalue weighted by atomic mass is 10.0. The maximum Gasteiger partial charge on any atom is 0.0596 e. The van der Waals surface area contributed by atoms with E-state index in [1.54, 1.807) is 0 Å². The first-order valence-corrected chi connectivity index (χ1v) is 6.18. The molecule has 3 heteroatoms. The van der Waals surface area contributed by atoms with Crippen LogP contribution < -0.4 is 5.32 Å². The third-order valence-corrected chi connectivity index (χ3v) is 3.10. The maximum absolute atomic E-state index is 4.55. The number of nitrogens with one attached hydrogen (secondary N) is 1. The zero-order valence-corrected chi connectivity index (χ0v) is 11.4. The summed E-state index contributed by atoms with van der Waals surface area (Å²) in [6, 6.07) is 3.13. The molecule has 0 aromatic carbocycles. The van der Waals surface area contributed by atoms with E-state index < -0.39 is 0 Å². The van der Waals surface area contributed by atoms with Crippen molar-refractivity contribution in [3.05, 3.63) is 17.5 Å². The molecule has 92 valence electrons. The van der Waals surface area contributed by atoms with Crippen molar-refractivity contribution in [2.75, 3.05) is 6.54 Å². The molecule has 2 atom stereocenters. The SMILES string of the molecule is Cc1cc(C)n(C(C)C(C)CNC(C)C)n1. The Kier molecular flexibility index (Phi) is 4.54. The zero-order chi connectivity index (χ0) is 12.3. The molecule has 0 bridgehead atoms. The summed E-state index contributed by atoms with van der Waals surface area (Å²) in [5.74, 6) is 0.584. The van der Waals surface area contributed by atoms with E-state index >= 15 is 0 Å². The molecule has 1 heterocycles. The third kappa shape index (κ3) is 3.34. The number of hydrogen-bond donors (Lipinski definition) is 1. The van der Waals surface area contributed by atoms with Gasteiger partial charge in [-0.3, -0.25) is 4.68 Å². The molecular weight excluding hydrogens is 198 g/mol. The minimum absolute atomic E-state index is 0.444. The van der Waals surface area contributed by atoms with E-state index in [0.29, 0.717) is 18.0 Å². The molecule has 0 spiro atoms. The smallest absolute Gasteiger partial charge is 0.0596 e. The lowest BCUT2D eigenvalue weighted by Gasteiger charge is -2.23. The van der Waals surface area contributed by atoms with Crippen LogP contribution in [0.5, 0.6) is 0 Å². The fourth-order valence-electron chi connectivity index (χ4n) is 1.89. The summed E-state index contributed by atoms with van der Waals surface area (Å²) in [6.45, 7) is 14.1. The first-order chi connectivity index (χ1) is 7.41. The van der Waals surface area contributed by atoms with Crippen LogP contribution >= 0.6 is 0 Å². The molecule has 2 unspecified atom stereocenters. The van der Waals surface area contributed by atoms with Gasteiger partial charge in [-0.05, 0) is 39.3 Å². The van der Waals surface area contributed by atoms with Crippen LogP contribution in [0.4, 0.5) is 0 Å². The Morgan fingerprint density at radius 2 is 1.88 bits per heavy atom. The molecule has 3 nitrogen and oxygen atoms in total. The van der Waals surface area contributed by atoms with Crippen molar-refractivity contribution >= 4 is 0 Å². The maximum atomic E-state index is 4.55. The predicted molar refractivity (Wildman–Crippen MR) is 68.7 cm³/mol. The number of aryl methyl sites for hydroxylation is 2. The van der Waals surface area contributed by atoms with Gasteiger partial charge in [0.2, 0.25) is 0 Å². The van der Waals surface area contributed by atoms with E-state index in [1.165, 1.54) is 5.69 Å². The van der Waals surface area contributed by atoms with E-state index in [1.807, 2.05) is 6.92 Å². The van der Waals surface area contributed by atoms with Crippen LogP contribution in [0.3, 0.4) is 0 Å². The van der Waals surface area contributed by atoms with Gasteiger partial charge < -0.3 is 5.32 Å². The molecule has 0 aliphatic carbocycles. The van der Waals surface area contributed by atoms with Gasteiger partial charge in [-0.25, -0.2) is 0 Å². The van der Waals surface area contributed by atoms with Crippen molar-refractivity contribution in [3.8, 4) is 0 Å². The van der Waals surface area contributed by atoms with E-state index in [-0.39, 0.29) is 0 Å². The van der Waals surface area contributed by atoms with Gasteiger partial charge in [0.1, 0.15) is 0 Å². The monoisotopic (exact) mass is 223 g/mol. The first-order valence-electron chi connectivity index (χ1n) is 6.18. The number of aromatic nitrogens is 2. The molecule has 0 fully saturated rings. The molecule has 1 aromatic rings. The number of hydrogen-bond acceptors (Lipinski definition) is 2. The van der Waals surface area contributed by atoms with Crippen LogP contribution in [-0.4, -0.2) is 22.4 Å². The van der Waals surface area contributed by atoms with Gasteiger partial charge in [0.15, 0.2) is 0 Å². The van der Waals surface area contributed by atoms with Gasteiger partial charge >= 0.3 is 0 Å². The normalized spacial score (nSPS) is 15.4. The van der Waals surface area contributed by atoms with Crippen molar-refractivity contribution in [1.29, 1.82) is 0 Å². The van der Waals surface area contributed by atoms with Crippen LogP contribution in [0.1, 0.15) is 45.1 Å². The van der Waals surface area contributed by atoms with Crippen molar-refractivity contribution < 1.29 is 0 Å². The second-order valence-electron chi connectivity index (χ2n) is 5.15. The Morgan fingerprint density at radius 3 is 2.31 bits per heavy atom. The Bertz CT molecular complexity index is 328. The van der Waals surface area contributed by atoms with Gasteiger partial charge in [-0.2, -0.15) is 5.10 Å². The Morgan fingerprint density at radius 1 is 1.25 bits per heavy atom. The summed E-state index contributed by atoms with van der Waals surface area (Å²) < 4.78 is 2.14. The molecule has 0 aliphatic rings. The molecule has 1 rings (SSSR count). The van der Waals surface area contributed by atoms with Gasteiger partial charge in [0, 0.05) is 11.7 Å². The highest BCUT2D eigenvalue weighted by Crippen LogP contribution is 2.18. The highest BCUT2D eigenvalue weighted by atomic mass is 15.3. The molecule has 0 aliphatic heterocycles.